The molecule has 5 heteroatoms. The second kappa shape index (κ2) is 6.65. The van der Waals surface area contributed by atoms with Crippen LogP contribution in [0, 0.1) is 11.6 Å². The Bertz CT molecular complexity index is 661. The van der Waals surface area contributed by atoms with Gasteiger partial charge in [0.15, 0.2) is 0 Å². The van der Waals surface area contributed by atoms with Crippen molar-refractivity contribution in [2.75, 3.05) is 0 Å². The minimum atomic E-state index is -1.06. The highest BCUT2D eigenvalue weighted by Crippen LogP contribution is 2.18. The molecule has 1 N–H and O–H groups in total. The minimum absolute atomic E-state index is 0.0724. The zero-order valence-corrected chi connectivity index (χ0v) is 10.9. The Labute approximate surface area is 120 Å². The van der Waals surface area contributed by atoms with E-state index >= 15 is 0 Å². The van der Waals surface area contributed by atoms with Crippen LogP contribution < -0.4 is 4.74 Å². The average molecular weight is 290 g/mol. The SMILES string of the molecule is O=C(O)C=Cc1ccccc1COc1cc(F)cc(F)c1. The summed E-state index contributed by atoms with van der Waals surface area (Å²) in [5, 5.41) is 8.63. The molecular formula is C16H12F2O3. The van der Waals surface area contributed by atoms with Crippen LogP contribution in [0.5, 0.6) is 5.75 Å². The number of carboxylic acid groups (broad SMARTS) is 1. The summed E-state index contributed by atoms with van der Waals surface area (Å²) < 4.78 is 31.4. The molecule has 0 heterocycles. The molecule has 0 radical (unpaired) electrons. The molecule has 0 unspecified atom stereocenters. The van der Waals surface area contributed by atoms with Gasteiger partial charge < -0.3 is 9.84 Å². The molecule has 3 nitrogen and oxygen atoms in total. The summed E-state index contributed by atoms with van der Waals surface area (Å²) in [7, 11) is 0. The number of benzene rings is 2. The first kappa shape index (κ1) is 14.7. The van der Waals surface area contributed by atoms with Crippen LogP contribution in [-0.4, -0.2) is 11.1 Å². The lowest BCUT2D eigenvalue weighted by atomic mass is 10.1. The summed E-state index contributed by atoms with van der Waals surface area (Å²) in [4.78, 5) is 10.5. The molecule has 21 heavy (non-hydrogen) atoms. The molecule has 0 saturated heterocycles. The summed E-state index contributed by atoms with van der Waals surface area (Å²) in [5.74, 6) is -2.42. The molecule has 0 fully saturated rings. The third-order valence-electron chi connectivity index (χ3n) is 2.69. The van der Waals surface area contributed by atoms with Gasteiger partial charge in [-0.2, -0.15) is 0 Å². The Hall–Kier alpha value is -2.69. The molecular weight excluding hydrogens is 278 g/mol. The maximum Gasteiger partial charge on any atom is 0.328 e. The van der Waals surface area contributed by atoms with Crippen LogP contribution in [0.25, 0.3) is 6.08 Å². The number of carbonyl (C=O) groups is 1. The monoisotopic (exact) mass is 290 g/mol. The molecule has 108 valence electrons. The molecule has 0 aliphatic heterocycles. The van der Waals surface area contributed by atoms with Crippen molar-refractivity contribution in [2.24, 2.45) is 0 Å². The summed E-state index contributed by atoms with van der Waals surface area (Å²) in [6, 6.07) is 9.92. The van der Waals surface area contributed by atoms with E-state index in [1.165, 1.54) is 6.08 Å². The summed E-state index contributed by atoms with van der Waals surface area (Å²) in [6.07, 6.45) is 2.45. The van der Waals surface area contributed by atoms with Gasteiger partial charge in [-0.3, -0.25) is 0 Å². The van der Waals surface area contributed by atoms with Crippen LogP contribution in [0.15, 0.2) is 48.5 Å². The Morgan fingerprint density at radius 3 is 2.48 bits per heavy atom. The highest BCUT2D eigenvalue weighted by Gasteiger charge is 2.04. The largest absolute Gasteiger partial charge is 0.489 e. The number of ether oxygens (including phenoxy) is 1. The third-order valence-corrected chi connectivity index (χ3v) is 2.69. The number of hydrogen-bond acceptors (Lipinski definition) is 2. The molecule has 2 rings (SSSR count). The van der Waals surface area contributed by atoms with Crippen molar-refractivity contribution in [2.45, 2.75) is 6.61 Å². The number of rotatable bonds is 5. The number of aliphatic carboxylic acids is 1. The van der Waals surface area contributed by atoms with E-state index in [1.807, 2.05) is 0 Å². The van der Waals surface area contributed by atoms with E-state index in [2.05, 4.69) is 0 Å². The molecule has 0 aromatic heterocycles. The van der Waals surface area contributed by atoms with Gasteiger partial charge in [-0.1, -0.05) is 24.3 Å². The molecule has 2 aromatic carbocycles. The van der Waals surface area contributed by atoms with Crippen LogP contribution in [-0.2, 0) is 11.4 Å². The highest BCUT2D eigenvalue weighted by atomic mass is 19.1. The third kappa shape index (κ3) is 4.42. The Kier molecular flexibility index (Phi) is 4.66. The maximum absolute atomic E-state index is 13.0. The first-order valence-electron chi connectivity index (χ1n) is 6.12. The fourth-order valence-electron chi connectivity index (χ4n) is 1.76. The van der Waals surface area contributed by atoms with E-state index in [9.17, 15) is 13.6 Å². The van der Waals surface area contributed by atoms with Crippen molar-refractivity contribution in [3.8, 4) is 5.75 Å². The molecule has 0 spiro atoms. The standard InChI is InChI=1S/C16H12F2O3/c17-13-7-14(18)9-15(8-13)21-10-12-4-2-1-3-11(12)5-6-16(19)20/h1-9H,10H2,(H,19,20). The molecule has 0 saturated carbocycles. The van der Waals surface area contributed by atoms with Gasteiger partial charge in [-0.25, -0.2) is 13.6 Å². The topological polar surface area (TPSA) is 46.5 Å². The lowest BCUT2D eigenvalue weighted by molar-refractivity contribution is -0.131. The van der Waals surface area contributed by atoms with Crippen molar-refractivity contribution in [3.05, 3.63) is 71.3 Å². The second-order valence-electron chi connectivity index (χ2n) is 4.26. The van der Waals surface area contributed by atoms with Gasteiger partial charge in [0.05, 0.1) is 0 Å². The van der Waals surface area contributed by atoms with E-state index in [0.29, 0.717) is 11.1 Å². The summed E-state index contributed by atoms with van der Waals surface area (Å²) >= 11 is 0. The number of halogens is 2. The van der Waals surface area contributed by atoms with Crippen molar-refractivity contribution in [1.82, 2.24) is 0 Å². The predicted molar refractivity (Wildman–Crippen MR) is 73.8 cm³/mol. The van der Waals surface area contributed by atoms with E-state index in [1.54, 1.807) is 24.3 Å². The smallest absolute Gasteiger partial charge is 0.328 e. The quantitative estimate of drug-likeness (QED) is 0.855. The summed E-state index contributed by atoms with van der Waals surface area (Å²) in [5.41, 5.74) is 1.37. The zero-order chi connectivity index (χ0) is 15.2. The molecule has 0 atom stereocenters. The minimum Gasteiger partial charge on any atom is -0.489 e. The van der Waals surface area contributed by atoms with Crippen molar-refractivity contribution in [3.63, 3.8) is 0 Å². The van der Waals surface area contributed by atoms with Gasteiger partial charge in [0.2, 0.25) is 0 Å². The number of carboxylic acids is 1. The average Bonchev–Trinajstić information content (AvgIpc) is 2.42. The van der Waals surface area contributed by atoms with Crippen molar-refractivity contribution < 1.29 is 23.4 Å². The first-order valence-corrected chi connectivity index (χ1v) is 6.12. The zero-order valence-electron chi connectivity index (χ0n) is 10.9. The van der Waals surface area contributed by atoms with Crippen LogP contribution in [0.4, 0.5) is 8.78 Å². The van der Waals surface area contributed by atoms with Gasteiger partial charge >= 0.3 is 5.97 Å². The molecule has 0 bridgehead atoms. The van der Waals surface area contributed by atoms with E-state index in [-0.39, 0.29) is 12.4 Å². The Balaban J connectivity index is 2.14. The molecule has 0 amide bonds. The van der Waals surface area contributed by atoms with E-state index in [0.717, 1.165) is 24.3 Å². The van der Waals surface area contributed by atoms with E-state index < -0.39 is 17.6 Å². The lowest BCUT2D eigenvalue weighted by Gasteiger charge is -2.09. The van der Waals surface area contributed by atoms with E-state index in [4.69, 9.17) is 9.84 Å². The normalized spacial score (nSPS) is 10.8. The van der Waals surface area contributed by atoms with Crippen molar-refractivity contribution in [1.29, 1.82) is 0 Å². The molecule has 0 aliphatic rings. The van der Waals surface area contributed by atoms with Gasteiger partial charge in [0.25, 0.3) is 0 Å². The summed E-state index contributed by atoms with van der Waals surface area (Å²) in [6.45, 7) is 0.0724. The lowest BCUT2D eigenvalue weighted by Crippen LogP contribution is -1.99. The van der Waals surface area contributed by atoms with Gasteiger partial charge in [0, 0.05) is 24.3 Å². The van der Waals surface area contributed by atoms with Crippen LogP contribution in [0.3, 0.4) is 0 Å². The second-order valence-corrected chi connectivity index (χ2v) is 4.26. The fourth-order valence-corrected chi connectivity index (χ4v) is 1.76. The number of hydrogen-bond donors (Lipinski definition) is 1. The molecule has 0 aliphatic carbocycles. The van der Waals surface area contributed by atoms with Gasteiger partial charge in [-0.05, 0) is 17.2 Å². The Morgan fingerprint density at radius 2 is 1.81 bits per heavy atom. The van der Waals surface area contributed by atoms with Gasteiger partial charge in [-0.15, -0.1) is 0 Å². The Morgan fingerprint density at radius 1 is 1.14 bits per heavy atom. The predicted octanol–water partition coefficient (Wildman–Crippen LogP) is 3.64. The molecule has 2 aromatic rings. The van der Waals surface area contributed by atoms with Crippen LogP contribution in [0.2, 0.25) is 0 Å². The van der Waals surface area contributed by atoms with Crippen LogP contribution >= 0.6 is 0 Å². The fraction of sp³-hybridized carbons (Fsp3) is 0.0625. The maximum atomic E-state index is 13.0. The first-order chi connectivity index (χ1) is 10.0. The van der Waals surface area contributed by atoms with Gasteiger partial charge in [0.1, 0.15) is 24.0 Å². The van der Waals surface area contributed by atoms with Crippen LogP contribution in [0.1, 0.15) is 11.1 Å². The van der Waals surface area contributed by atoms with Crippen molar-refractivity contribution >= 4 is 12.0 Å². The highest BCUT2D eigenvalue weighted by molar-refractivity contribution is 5.85.